The molecule has 0 heterocycles. The lowest BCUT2D eigenvalue weighted by Gasteiger charge is -2.17. The molecule has 1 unspecified atom stereocenters. The molecule has 4 N–H and O–H groups in total. The first-order valence-corrected chi connectivity index (χ1v) is 5.71. The van der Waals surface area contributed by atoms with Crippen molar-refractivity contribution in [1.29, 1.82) is 0 Å². The van der Waals surface area contributed by atoms with Gasteiger partial charge in [-0.15, -0.1) is 0 Å². The third-order valence-electron chi connectivity index (χ3n) is 2.43. The predicted molar refractivity (Wildman–Crippen MR) is 63.7 cm³/mol. The molecule has 5 heteroatoms. The highest BCUT2D eigenvalue weighted by molar-refractivity contribution is 5.87. The van der Waals surface area contributed by atoms with Crippen molar-refractivity contribution < 1.29 is 9.59 Å². The minimum absolute atomic E-state index is 0.0128. The van der Waals surface area contributed by atoms with Gasteiger partial charge in [-0.3, -0.25) is 9.59 Å². The average Bonchev–Trinajstić information content (AvgIpc) is 2.22. The van der Waals surface area contributed by atoms with Gasteiger partial charge in [-0.05, 0) is 19.8 Å². The number of carbonyl (C=O) groups excluding carboxylic acids is 2. The molecular weight excluding hydrogens is 206 g/mol. The first-order chi connectivity index (χ1) is 7.38. The van der Waals surface area contributed by atoms with Gasteiger partial charge in [-0.1, -0.05) is 20.3 Å². The van der Waals surface area contributed by atoms with E-state index in [1.54, 1.807) is 0 Å². The molecule has 0 rings (SSSR count). The van der Waals surface area contributed by atoms with Crippen LogP contribution in [0.1, 0.15) is 34.1 Å². The minimum Gasteiger partial charge on any atom is -0.352 e. The SMILES string of the molecule is CCC(C)[C@H](N)C(=O)NCC(=O)NC(C)C. The second kappa shape index (κ2) is 7.22. The molecule has 0 aliphatic heterocycles. The molecule has 0 aromatic rings. The molecule has 0 bridgehead atoms. The number of nitrogens with one attached hydrogen (secondary N) is 2. The molecule has 0 spiro atoms. The van der Waals surface area contributed by atoms with Crippen molar-refractivity contribution in [2.45, 2.75) is 46.2 Å². The van der Waals surface area contributed by atoms with Gasteiger partial charge in [0.2, 0.25) is 11.8 Å². The van der Waals surface area contributed by atoms with Crippen LogP contribution in [-0.4, -0.2) is 30.4 Å². The summed E-state index contributed by atoms with van der Waals surface area (Å²) in [4.78, 5) is 22.8. The Morgan fingerprint density at radius 3 is 2.25 bits per heavy atom. The van der Waals surface area contributed by atoms with Crippen molar-refractivity contribution >= 4 is 11.8 Å². The fourth-order valence-electron chi connectivity index (χ4n) is 1.17. The maximum absolute atomic E-state index is 11.5. The zero-order valence-electron chi connectivity index (χ0n) is 10.5. The fourth-order valence-corrected chi connectivity index (χ4v) is 1.17. The van der Waals surface area contributed by atoms with E-state index in [-0.39, 0.29) is 30.3 Å². The van der Waals surface area contributed by atoms with E-state index in [2.05, 4.69) is 10.6 Å². The van der Waals surface area contributed by atoms with E-state index < -0.39 is 6.04 Å². The largest absolute Gasteiger partial charge is 0.352 e. The van der Waals surface area contributed by atoms with Crippen LogP contribution in [0.5, 0.6) is 0 Å². The maximum Gasteiger partial charge on any atom is 0.239 e. The number of carbonyl (C=O) groups is 2. The van der Waals surface area contributed by atoms with Gasteiger partial charge in [-0.25, -0.2) is 0 Å². The third-order valence-corrected chi connectivity index (χ3v) is 2.43. The molecular formula is C11H23N3O2. The van der Waals surface area contributed by atoms with Crippen molar-refractivity contribution in [3.8, 4) is 0 Å². The van der Waals surface area contributed by atoms with Gasteiger partial charge in [0.15, 0.2) is 0 Å². The van der Waals surface area contributed by atoms with E-state index >= 15 is 0 Å². The van der Waals surface area contributed by atoms with Crippen LogP contribution >= 0.6 is 0 Å². The number of rotatable bonds is 6. The standard InChI is InChI=1S/C11H23N3O2/c1-5-8(4)10(12)11(16)13-6-9(15)14-7(2)3/h7-8,10H,5-6,12H2,1-4H3,(H,13,16)(H,14,15)/t8?,10-/m0/s1. The molecule has 0 aromatic carbocycles. The second-order valence-corrected chi connectivity index (χ2v) is 4.35. The summed E-state index contributed by atoms with van der Waals surface area (Å²) in [5.74, 6) is -0.346. The zero-order valence-corrected chi connectivity index (χ0v) is 10.5. The number of hydrogen-bond acceptors (Lipinski definition) is 3. The Kier molecular flexibility index (Phi) is 6.72. The maximum atomic E-state index is 11.5. The number of nitrogens with two attached hydrogens (primary N) is 1. The van der Waals surface area contributed by atoms with Crippen LogP contribution in [0.4, 0.5) is 0 Å². The highest BCUT2D eigenvalue weighted by Gasteiger charge is 2.19. The Morgan fingerprint density at radius 1 is 1.25 bits per heavy atom. The first-order valence-electron chi connectivity index (χ1n) is 5.71. The third kappa shape index (κ3) is 5.70. The van der Waals surface area contributed by atoms with E-state index in [4.69, 9.17) is 5.73 Å². The Labute approximate surface area is 97.2 Å². The van der Waals surface area contributed by atoms with E-state index in [0.29, 0.717) is 0 Å². The average molecular weight is 229 g/mol. The summed E-state index contributed by atoms with van der Waals surface area (Å²) in [6, 6.07) is -0.468. The van der Waals surface area contributed by atoms with Crippen molar-refractivity contribution in [2.75, 3.05) is 6.54 Å². The van der Waals surface area contributed by atoms with Gasteiger partial charge in [-0.2, -0.15) is 0 Å². The molecule has 0 aromatic heterocycles. The van der Waals surface area contributed by atoms with Crippen LogP contribution in [0.3, 0.4) is 0 Å². The molecule has 0 saturated carbocycles. The van der Waals surface area contributed by atoms with Crippen LogP contribution in [0.2, 0.25) is 0 Å². The number of hydrogen-bond donors (Lipinski definition) is 3. The van der Waals surface area contributed by atoms with Crippen LogP contribution in [0, 0.1) is 5.92 Å². The lowest BCUT2D eigenvalue weighted by Crippen LogP contribution is -2.48. The Bertz CT molecular complexity index is 241. The van der Waals surface area contributed by atoms with Crippen molar-refractivity contribution in [1.82, 2.24) is 10.6 Å². The van der Waals surface area contributed by atoms with Crippen molar-refractivity contribution in [2.24, 2.45) is 11.7 Å². The van der Waals surface area contributed by atoms with Gasteiger partial charge >= 0.3 is 0 Å². The van der Waals surface area contributed by atoms with Crippen molar-refractivity contribution in [3.05, 3.63) is 0 Å². The minimum atomic E-state index is -0.545. The fraction of sp³-hybridized carbons (Fsp3) is 0.818. The van der Waals surface area contributed by atoms with Gasteiger partial charge in [0.1, 0.15) is 0 Å². The van der Waals surface area contributed by atoms with Gasteiger partial charge < -0.3 is 16.4 Å². The molecule has 94 valence electrons. The molecule has 0 aliphatic rings. The predicted octanol–water partition coefficient (Wildman–Crippen LogP) is 0.000600. The summed E-state index contributed by atoms with van der Waals surface area (Å²) in [5, 5.41) is 5.21. The summed E-state index contributed by atoms with van der Waals surface area (Å²) in [6.07, 6.45) is 0.840. The van der Waals surface area contributed by atoms with Gasteiger partial charge in [0, 0.05) is 6.04 Å². The zero-order chi connectivity index (χ0) is 12.7. The lowest BCUT2D eigenvalue weighted by molar-refractivity contribution is -0.127. The molecule has 0 radical (unpaired) electrons. The van der Waals surface area contributed by atoms with E-state index in [1.807, 2.05) is 27.7 Å². The van der Waals surface area contributed by atoms with Crippen LogP contribution in [-0.2, 0) is 9.59 Å². The van der Waals surface area contributed by atoms with Gasteiger partial charge in [0.05, 0.1) is 12.6 Å². The highest BCUT2D eigenvalue weighted by Crippen LogP contribution is 2.04. The summed E-state index contributed by atoms with van der Waals surface area (Å²) < 4.78 is 0. The normalized spacial score (nSPS) is 14.4. The van der Waals surface area contributed by atoms with Crippen LogP contribution < -0.4 is 16.4 Å². The molecule has 16 heavy (non-hydrogen) atoms. The lowest BCUT2D eigenvalue weighted by atomic mass is 9.99. The van der Waals surface area contributed by atoms with Crippen LogP contribution in [0.15, 0.2) is 0 Å². The quantitative estimate of drug-likeness (QED) is 0.599. The highest BCUT2D eigenvalue weighted by atomic mass is 16.2. The summed E-state index contributed by atoms with van der Waals surface area (Å²) >= 11 is 0. The molecule has 2 amide bonds. The molecule has 0 fully saturated rings. The second-order valence-electron chi connectivity index (χ2n) is 4.35. The molecule has 5 nitrogen and oxygen atoms in total. The summed E-state index contributed by atoms with van der Waals surface area (Å²) in [6.45, 7) is 7.61. The first kappa shape index (κ1) is 14.9. The van der Waals surface area contributed by atoms with Crippen molar-refractivity contribution in [3.63, 3.8) is 0 Å². The van der Waals surface area contributed by atoms with E-state index in [0.717, 1.165) is 6.42 Å². The molecule has 0 saturated heterocycles. The van der Waals surface area contributed by atoms with Gasteiger partial charge in [0.25, 0.3) is 0 Å². The Morgan fingerprint density at radius 2 is 1.81 bits per heavy atom. The van der Waals surface area contributed by atoms with E-state index in [9.17, 15) is 9.59 Å². The topological polar surface area (TPSA) is 84.2 Å². The molecule has 2 atom stereocenters. The Hall–Kier alpha value is -1.10. The summed E-state index contributed by atoms with van der Waals surface area (Å²) in [7, 11) is 0. The Balaban J connectivity index is 3.93. The monoisotopic (exact) mass is 229 g/mol. The molecule has 0 aliphatic carbocycles. The van der Waals surface area contributed by atoms with Crippen LogP contribution in [0.25, 0.3) is 0 Å². The number of amides is 2. The smallest absolute Gasteiger partial charge is 0.239 e. The van der Waals surface area contributed by atoms with E-state index in [1.165, 1.54) is 0 Å². The summed E-state index contributed by atoms with van der Waals surface area (Å²) in [5.41, 5.74) is 5.71.